The molecule has 0 nitrogen and oxygen atoms in total. The minimum atomic E-state index is 0.180. The van der Waals surface area contributed by atoms with Crippen molar-refractivity contribution in [2.75, 3.05) is 0 Å². The van der Waals surface area contributed by atoms with E-state index in [0.29, 0.717) is 5.92 Å². The quantitative estimate of drug-likeness (QED) is 0.459. The predicted molar refractivity (Wildman–Crippen MR) is 126 cm³/mol. The lowest BCUT2D eigenvalue weighted by Crippen LogP contribution is -2.11. The third-order valence-corrected chi connectivity index (χ3v) is 8.74. The maximum Gasteiger partial charge on any atom is 0.0517 e. The number of fused-ring (bicyclic) bond motifs is 3. The first-order valence-electron chi connectivity index (χ1n) is 11.1. The molecule has 5 rings (SSSR count). The molecule has 0 spiro atoms. The van der Waals surface area contributed by atoms with Crippen LogP contribution in [0.4, 0.5) is 0 Å². The molecular formula is C28H32Si. The Kier molecular flexibility index (Phi) is 4.16. The van der Waals surface area contributed by atoms with Crippen LogP contribution in [0.3, 0.4) is 0 Å². The molecule has 1 saturated heterocycles. The van der Waals surface area contributed by atoms with Gasteiger partial charge in [0.05, 0.1) is 9.52 Å². The standard InChI is InChI=1S/C28H32Si/c1-27(2,3)18-11-13-20-22(15-18)23-16-19(28(4,5)6)12-14-21(23)24(20)26-25(29-26)17-9-7-8-10-17/h7-9,11-16,24-26H,10H2,1-6H3. The van der Waals surface area contributed by atoms with Crippen molar-refractivity contribution in [3.63, 3.8) is 0 Å². The van der Waals surface area contributed by atoms with Crippen LogP contribution in [0.2, 0.25) is 11.1 Å². The summed E-state index contributed by atoms with van der Waals surface area (Å²) in [5.74, 6) is 0.577. The minimum Gasteiger partial charge on any atom is -0.0805 e. The summed E-state index contributed by atoms with van der Waals surface area (Å²) < 4.78 is 0. The Hall–Kier alpha value is -1.86. The lowest BCUT2D eigenvalue weighted by molar-refractivity contribution is 0.589. The molecule has 1 fully saturated rings. The number of benzene rings is 2. The lowest BCUT2D eigenvalue weighted by Gasteiger charge is -2.21. The maximum atomic E-state index is 2.50. The molecule has 0 bridgehead atoms. The van der Waals surface area contributed by atoms with Gasteiger partial charge in [0.15, 0.2) is 0 Å². The summed E-state index contributed by atoms with van der Waals surface area (Å²) in [6.45, 7) is 13.9. The van der Waals surface area contributed by atoms with Gasteiger partial charge in [0.2, 0.25) is 0 Å². The maximum absolute atomic E-state index is 2.50. The molecule has 3 aliphatic rings. The number of rotatable bonds is 2. The van der Waals surface area contributed by atoms with Crippen molar-refractivity contribution in [1.82, 2.24) is 0 Å². The second kappa shape index (κ2) is 6.32. The molecule has 2 atom stereocenters. The molecule has 2 aromatic carbocycles. The third kappa shape index (κ3) is 3.19. The van der Waals surface area contributed by atoms with Crippen molar-refractivity contribution in [3.8, 4) is 11.1 Å². The molecule has 2 aliphatic carbocycles. The van der Waals surface area contributed by atoms with Crippen LogP contribution >= 0.6 is 0 Å². The van der Waals surface area contributed by atoms with Crippen molar-refractivity contribution < 1.29 is 0 Å². The molecule has 1 heteroatoms. The van der Waals surface area contributed by atoms with Crippen LogP contribution in [0.25, 0.3) is 11.1 Å². The molecular weight excluding hydrogens is 364 g/mol. The van der Waals surface area contributed by atoms with Crippen LogP contribution in [-0.2, 0) is 10.8 Å². The third-order valence-electron chi connectivity index (χ3n) is 6.98. The molecule has 148 valence electrons. The van der Waals surface area contributed by atoms with Gasteiger partial charge < -0.3 is 0 Å². The van der Waals surface area contributed by atoms with Gasteiger partial charge >= 0.3 is 0 Å². The van der Waals surface area contributed by atoms with Crippen LogP contribution in [0.5, 0.6) is 0 Å². The van der Waals surface area contributed by atoms with E-state index in [1.165, 1.54) is 28.7 Å². The van der Waals surface area contributed by atoms with Gasteiger partial charge in [0.1, 0.15) is 0 Å². The van der Waals surface area contributed by atoms with E-state index in [1.807, 2.05) is 0 Å². The van der Waals surface area contributed by atoms with Crippen molar-refractivity contribution in [2.45, 2.75) is 75.8 Å². The Bertz CT molecular complexity index is 975. The molecule has 0 N–H and O–H groups in total. The Morgan fingerprint density at radius 1 is 0.793 bits per heavy atom. The summed E-state index contributed by atoms with van der Waals surface area (Å²) in [7, 11) is 1.07. The van der Waals surface area contributed by atoms with Gasteiger partial charge in [-0.25, -0.2) is 0 Å². The summed E-state index contributed by atoms with van der Waals surface area (Å²) in [5.41, 5.74) is 12.7. The first-order valence-corrected chi connectivity index (χ1v) is 12.2. The van der Waals surface area contributed by atoms with E-state index in [9.17, 15) is 0 Å². The van der Waals surface area contributed by atoms with Gasteiger partial charge in [-0.3, -0.25) is 0 Å². The van der Waals surface area contributed by atoms with E-state index in [2.05, 4.69) is 96.2 Å². The van der Waals surface area contributed by atoms with Crippen LogP contribution in [-0.4, -0.2) is 9.52 Å². The predicted octanol–water partition coefficient (Wildman–Crippen LogP) is 7.58. The molecule has 0 saturated carbocycles. The number of hydrogen-bond acceptors (Lipinski definition) is 0. The minimum absolute atomic E-state index is 0.180. The van der Waals surface area contributed by atoms with Gasteiger partial charge in [-0.1, -0.05) is 102 Å². The van der Waals surface area contributed by atoms with Gasteiger partial charge in [-0.15, -0.1) is 0 Å². The summed E-state index contributed by atoms with van der Waals surface area (Å²) in [5, 5.41) is 0. The van der Waals surface area contributed by atoms with Crippen molar-refractivity contribution in [1.29, 1.82) is 0 Å². The average Bonchev–Trinajstić information content (AvgIpc) is 3.11. The summed E-state index contributed by atoms with van der Waals surface area (Å²) in [6, 6.07) is 14.7. The van der Waals surface area contributed by atoms with E-state index >= 15 is 0 Å². The van der Waals surface area contributed by atoms with Crippen molar-refractivity contribution in [3.05, 3.63) is 82.5 Å². The Balaban J connectivity index is 1.62. The zero-order chi connectivity index (χ0) is 20.6. The summed E-state index contributed by atoms with van der Waals surface area (Å²) in [4.78, 5) is 0. The molecule has 1 aliphatic heterocycles. The molecule has 2 aromatic rings. The molecule has 0 aromatic heterocycles. The van der Waals surface area contributed by atoms with Crippen molar-refractivity contribution >= 4 is 9.52 Å². The second-order valence-corrected chi connectivity index (χ2v) is 12.7. The first-order chi connectivity index (χ1) is 13.6. The van der Waals surface area contributed by atoms with E-state index in [1.54, 1.807) is 16.7 Å². The summed E-state index contributed by atoms with van der Waals surface area (Å²) in [6.07, 6.45) is 8.11. The van der Waals surface area contributed by atoms with E-state index < -0.39 is 0 Å². The van der Waals surface area contributed by atoms with Crippen molar-refractivity contribution in [2.24, 2.45) is 0 Å². The summed E-state index contributed by atoms with van der Waals surface area (Å²) >= 11 is 0. The van der Waals surface area contributed by atoms with E-state index in [0.717, 1.165) is 20.6 Å². The van der Waals surface area contributed by atoms with E-state index in [4.69, 9.17) is 0 Å². The highest BCUT2D eigenvalue weighted by atomic mass is 28.2. The van der Waals surface area contributed by atoms with Gasteiger partial charge in [-0.05, 0) is 61.7 Å². The zero-order valence-electron chi connectivity index (χ0n) is 18.6. The van der Waals surface area contributed by atoms with Crippen LogP contribution in [0, 0.1) is 0 Å². The molecule has 2 radical (unpaired) electrons. The monoisotopic (exact) mass is 396 g/mol. The zero-order valence-corrected chi connectivity index (χ0v) is 19.6. The van der Waals surface area contributed by atoms with Crippen LogP contribution in [0.15, 0.2) is 60.2 Å². The fourth-order valence-electron chi connectivity index (χ4n) is 5.08. The molecule has 0 amide bonds. The average molecular weight is 397 g/mol. The smallest absolute Gasteiger partial charge is 0.0517 e. The van der Waals surface area contributed by atoms with Gasteiger partial charge in [-0.2, -0.15) is 0 Å². The molecule has 29 heavy (non-hydrogen) atoms. The number of hydrogen-bond donors (Lipinski definition) is 0. The fourth-order valence-corrected chi connectivity index (χ4v) is 6.77. The highest BCUT2D eigenvalue weighted by Crippen LogP contribution is 2.63. The number of allylic oxidation sites excluding steroid dienone is 4. The van der Waals surface area contributed by atoms with Crippen LogP contribution < -0.4 is 0 Å². The lowest BCUT2D eigenvalue weighted by atomic mass is 9.83. The fraction of sp³-hybridized carbons (Fsp3) is 0.429. The molecule has 1 heterocycles. The SMILES string of the molecule is CC(C)(C)c1ccc2c(c1)-c1cc(C(C)(C)C)ccc1C2C1[Si]C1C1=CC=CC1. The van der Waals surface area contributed by atoms with Gasteiger partial charge in [0.25, 0.3) is 0 Å². The largest absolute Gasteiger partial charge is 0.0805 e. The Morgan fingerprint density at radius 3 is 1.79 bits per heavy atom. The second-order valence-electron chi connectivity index (χ2n) is 11.1. The normalized spacial score (nSPS) is 23.2. The molecule has 2 unspecified atom stereocenters. The highest BCUT2D eigenvalue weighted by molar-refractivity contribution is 6.55. The topological polar surface area (TPSA) is 0 Å². The van der Waals surface area contributed by atoms with Gasteiger partial charge in [0, 0.05) is 5.92 Å². The van der Waals surface area contributed by atoms with Crippen LogP contribution in [0.1, 0.15) is 76.1 Å². The van der Waals surface area contributed by atoms with E-state index in [-0.39, 0.29) is 10.8 Å². The highest BCUT2D eigenvalue weighted by Gasteiger charge is 2.49. The first kappa shape index (κ1) is 19.1. The Labute approximate surface area is 179 Å². The Morgan fingerprint density at radius 2 is 1.34 bits per heavy atom.